The highest BCUT2D eigenvalue weighted by Crippen LogP contribution is 2.40. The van der Waals surface area contributed by atoms with Crippen LogP contribution in [0.5, 0.6) is 0 Å². The summed E-state index contributed by atoms with van der Waals surface area (Å²) >= 11 is 5.20. The van der Waals surface area contributed by atoms with Crippen molar-refractivity contribution in [3.05, 3.63) is 75.0 Å². The first-order chi connectivity index (χ1) is 16.1. The molecule has 4 heterocycles. The Labute approximate surface area is 208 Å². The Hall–Kier alpha value is -1.22. The van der Waals surface area contributed by atoms with Gasteiger partial charge in [-0.3, -0.25) is 4.90 Å². The van der Waals surface area contributed by atoms with Crippen LogP contribution in [0, 0.1) is 11.7 Å². The Morgan fingerprint density at radius 2 is 1.85 bits per heavy atom. The summed E-state index contributed by atoms with van der Waals surface area (Å²) in [6.07, 6.45) is 3.81. The number of nitrogens with zero attached hydrogens (tertiary/aromatic N) is 2. The predicted octanol–water partition coefficient (Wildman–Crippen LogP) is 6.26. The monoisotopic (exact) mass is 502 g/mol. The molecule has 0 spiro atoms. The number of benzene rings is 1. The first-order valence-electron chi connectivity index (χ1n) is 11.7. The van der Waals surface area contributed by atoms with Crippen LogP contribution in [-0.2, 0) is 0 Å². The van der Waals surface area contributed by atoms with Gasteiger partial charge in [-0.1, -0.05) is 12.1 Å². The van der Waals surface area contributed by atoms with E-state index in [4.69, 9.17) is 0 Å². The van der Waals surface area contributed by atoms with Crippen LogP contribution in [0.1, 0.15) is 46.9 Å². The standard InChI is InChI=1S/C26H31FN2OS3/c1-31-25-7-6-24(33-25)26(30)29-15-21(23(16-29)20-10-13-32-17-20)14-28-11-8-19(9-12-28)18-2-4-22(27)5-3-18/h2-7,10,13,17,19,21,23,26,30H,8-9,11-12,14-16H2,1H3/t21?,23-,26?/m0/s1. The van der Waals surface area contributed by atoms with Crippen molar-refractivity contribution >= 4 is 34.4 Å². The molecule has 0 amide bonds. The summed E-state index contributed by atoms with van der Waals surface area (Å²) in [5.74, 6) is 1.34. The molecular weight excluding hydrogens is 471 g/mol. The quantitative estimate of drug-likeness (QED) is 0.386. The van der Waals surface area contributed by atoms with E-state index in [0.717, 1.165) is 50.4 Å². The van der Waals surface area contributed by atoms with Gasteiger partial charge in [0.25, 0.3) is 0 Å². The highest BCUT2D eigenvalue weighted by atomic mass is 32.2. The lowest BCUT2D eigenvalue weighted by atomic mass is 9.87. The molecule has 1 aromatic carbocycles. The summed E-state index contributed by atoms with van der Waals surface area (Å²) in [7, 11) is 0. The minimum Gasteiger partial charge on any atom is -0.373 e. The second-order valence-electron chi connectivity index (χ2n) is 9.24. The molecule has 3 atom stereocenters. The Morgan fingerprint density at radius 1 is 1.06 bits per heavy atom. The number of aliphatic hydroxyl groups is 1. The van der Waals surface area contributed by atoms with E-state index in [2.05, 4.69) is 45.0 Å². The van der Waals surface area contributed by atoms with E-state index in [-0.39, 0.29) is 5.82 Å². The average Bonchev–Trinajstić information content (AvgIpc) is 3.60. The Kier molecular flexibility index (Phi) is 7.54. The molecule has 1 N–H and O–H groups in total. The van der Waals surface area contributed by atoms with E-state index < -0.39 is 6.23 Å². The molecule has 5 rings (SSSR count). The lowest BCUT2D eigenvalue weighted by molar-refractivity contribution is 0.0174. The molecule has 2 aromatic heterocycles. The molecule has 0 bridgehead atoms. The molecule has 0 aliphatic carbocycles. The van der Waals surface area contributed by atoms with Crippen molar-refractivity contribution in [1.29, 1.82) is 0 Å². The Morgan fingerprint density at radius 3 is 2.52 bits per heavy atom. The van der Waals surface area contributed by atoms with Crippen LogP contribution < -0.4 is 0 Å². The minimum atomic E-state index is -0.522. The molecule has 7 heteroatoms. The van der Waals surface area contributed by atoms with E-state index in [1.807, 2.05) is 12.1 Å². The van der Waals surface area contributed by atoms with Gasteiger partial charge in [0.1, 0.15) is 12.0 Å². The van der Waals surface area contributed by atoms with Gasteiger partial charge in [0.15, 0.2) is 0 Å². The maximum Gasteiger partial charge on any atom is 0.142 e. The first-order valence-corrected chi connectivity index (χ1v) is 14.6. The van der Waals surface area contributed by atoms with Crippen LogP contribution in [0.4, 0.5) is 4.39 Å². The molecule has 2 aliphatic heterocycles. The third-order valence-electron chi connectivity index (χ3n) is 7.27. The smallest absolute Gasteiger partial charge is 0.142 e. The van der Waals surface area contributed by atoms with Gasteiger partial charge in [-0.25, -0.2) is 4.39 Å². The lowest BCUT2D eigenvalue weighted by Crippen LogP contribution is -2.38. The first kappa shape index (κ1) is 23.5. The minimum absolute atomic E-state index is 0.157. The number of hydrogen-bond donors (Lipinski definition) is 1. The molecule has 0 radical (unpaired) electrons. The number of thioether (sulfide) groups is 1. The molecule has 2 fully saturated rings. The van der Waals surface area contributed by atoms with Gasteiger partial charge >= 0.3 is 0 Å². The number of likely N-dealkylation sites (tertiary alicyclic amines) is 2. The van der Waals surface area contributed by atoms with E-state index in [1.165, 1.54) is 15.3 Å². The van der Waals surface area contributed by atoms with Crippen molar-refractivity contribution in [2.45, 2.75) is 35.1 Å². The highest BCUT2D eigenvalue weighted by Gasteiger charge is 2.38. The molecule has 2 aliphatic rings. The van der Waals surface area contributed by atoms with Gasteiger partial charge in [0.2, 0.25) is 0 Å². The molecule has 33 heavy (non-hydrogen) atoms. The molecule has 2 unspecified atom stereocenters. The number of aliphatic hydroxyl groups excluding tert-OH is 1. The molecule has 2 saturated heterocycles. The third kappa shape index (κ3) is 5.39. The van der Waals surface area contributed by atoms with Crippen molar-refractivity contribution in [1.82, 2.24) is 9.80 Å². The number of thiophene rings is 2. The van der Waals surface area contributed by atoms with E-state index in [1.54, 1.807) is 46.6 Å². The summed E-state index contributed by atoms with van der Waals surface area (Å²) in [6, 6.07) is 13.5. The van der Waals surface area contributed by atoms with Gasteiger partial charge < -0.3 is 10.0 Å². The van der Waals surface area contributed by atoms with E-state index in [9.17, 15) is 9.50 Å². The highest BCUT2D eigenvalue weighted by molar-refractivity contribution is 8.00. The normalized spacial score (nSPS) is 23.8. The van der Waals surface area contributed by atoms with Crippen LogP contribution in [0.15, 0.2) is 57.4 Å². The number of hydrogen-bond acceptors (Lipinski definition) is 6. The van der Waals surface area contributed by atoms with Crippen LogP contribution >= 0.6 is 34.4 Å². The van der Waals surface area contributed by atoms with Gasteiger partial charge in [0, 0.05) is 30.4 Å². The molecular formula is C26H31FN2OS3. The van der Waals surface area contributed by atoms with Crippen molar-refractivity contribution in [2.75, 3.05) is 39.0 Å². The SMILES string of the molecule is CSc1ccc(C(O)N2CC(CN3CCC(c4ccc(F)cc4)CC3)[C@H](c3ccsc3)C2)s1. The Bertz CT molecular complexity index is 1010. The van der Waals surface area contributed by atoms with Gasteiger partial charge in [0.05, 0.1) is 4.21 Å². The van der Waals surface area contributed by atoms with E-state index >= 15 is 0 Å². The molecule has 3 aromatic rings. The molecule has 3 nitrogen and oxygen atoms in total. The fourth-order valence-corrected chi connectivity index (χ4v) is 7.74. The third-order valence-corrected chi connectivity index (χ3v) is 10.2. The van der Waals surface area contributed by atoms with Gasteiger partial charge in [-0.15, -0.1) is 23.1 Å². The fourth-order valence-electron chi connectivity index (χ4n) is 5.43. The summed E-state index contributed by atoms with van der Waals surface area (Å²) in [6.45, 7) is 5.06. The van der Waals surface area contributed by atoms with E-state index in [0.29, 0.717) is 17.8 Å². The van der Waals surface area contributed by atoms with Gasteiger partial charge in [-0.2, -0.15) is 11.3 Å². The fraction of sp³-hybridized carbons (Fsp3) is 0.462. The Balaban J connectivity index is 1.23. The largest absolute Gasteiger partial charge is 0.373 e. The van der Waals surface area contributed by atoms with Crippen LogP contribution in [0.25, 0.3) is 0 Å². The van der Waals surface area contributed by atoms with Crippen molar-refractivity contribution in [3.8, 4) is 0 Å². The lowest BCUT2D eigenvalue weighted by Gasteiger charge is -2.35. The topological polar surface area (TPSA) is 26.7 Å². The zero-order valence-electron chi connectivity index (χ0n) is 18.9. The zero-order chi connectivity index (χ0) is 22.8. The maximum atomic E-state index is 13.3. The zero-order valence-corrected chi connectivity index (χ0v) is 21.3. The molecule has 176 valence electrons. The second-order valence-corrected chi connectivity index (χ2v) is 12.2. The average molecular weight is 503 g/mol. The summed E-state index contributed by atoms with van der Waals surface area (Å²) in [5.41, 5.74) is 2.68. The second kappa shape index (κ2) is 10.6. The number of piperidine rings is 1. The van der Waals surface area contributed by atoms with Gasteiger partial charge in [-0.05, 0) is 96.2 Å². The number of halogens is 1. The summed E-state index contributed by atoms with van der Waals surface area (Å²) < 4.78 is 14.5. The number of rotatable bonds is 7. The van der Waals surface area contributed by atoms with Crippen LogP contribution in [-0.4, -0.2) is 53.9 Å². The summed E-state index contributed by atoms with van der Waals surface area (Å²) in [5, 5.41) is 15.6. The summed E-state index contributed by atoms with van der Waals surface area (Å²) in [4.78, 5) is 5.93. The van der Waals surface area contributed by atoms with Crippen molar-refractivity contribution in [3.63, 3.8) is 0 Å². The van der Waals surface area contributed by atoms with Crippen LogP contribution in [0.3, 0.4) is 0 Å². The van der Waals surface area contributed by atoms with Crippen molar-refractivity contribution in [2.24, 2.45) is 5.92 Å². The maximum absolute atomic E-state index is 13.3. The van der Waals surface area contributed by atoms with Crippen molar-refractivity contribution < 1.29 is 9.50 Å². The predicted molar refractivity (Wildman–Crippen MR) is 138 cm³/mol. The molecule has 0 saturated carbocycles. The van der Waals surface area contributed by atoms with Crippen LogP contribution in [0.2, 0.25) is 0 Å².